The summed E-state index contributed by atoms with van der Waals surface area (Å²) in [4.78, 5) is 13.5. The second-order valence-corrected chi connectivity index (χ2v) is 4.93. The quantitative estimate of drug-likeness (QED) is 0.444. The summed E-state index contributed by atoms with van der Waals surface area (Å²) in [5.41, 5.74) is 3.51. The predicted octanol–water partition coefficient (Wildman–Crippen LogP) is 1.09. The lowest BCUT2D eigenvalue weighted by Gasteiger charge is -2.20. The molecule has 1 aliphatic rings. The van der Waals surface area contributed by atoms with Crippen molar-refractivity contribution in [3.63, 3.8) is 0 Å². The molecular formula is C11H17N3OS. The molecule has 3 N–H and O–H groups in total. The van der Waals surface area contributed by atoms with Gasteiger partial charge in [0.25, 0.3) is 0 Å². The normalized spacial score (nSPS) is 15.4. The van der Waals surface area contributed by atoms with E-state index in [2.05, 4.69) is 27.2 Å². The summed E-state index contributed by atoms with van der Waals surface area (Å²) >= 11 is 1.72. The Bertz CT molecular complexity index is 335. The maximum atomic E-state index is 11.1. The van der Waals surface area contributed by atoms with E-state index >= 15 is 0 Å². The largest absolute Gasteiger partial charge is 0.296 e. The molecule has 4 nitrogen and oxygen atoms in total. The monoisotopic (exact) mass is 239 g/mol. The van der Waals surface area contributed by atoms with Gasteiger partial charge < -0.3 is 0 Å². The summed E-state index contributed by atoms with van der Waals surface area (Å²) in [6.45, 7) is 1.75. The van der Waals surface area contributed by atoms with Gasteiger partial charge in [0.2, 0.25) is 5.91 Å². The van der Waals surface area contributed by atoms with Crippen molar-refractivity contribution < 1.29 is 4.79 Å². The molecule has 0 aromatic carbocycles. The van der Waals surface area contributed by atoms with Gasteiger partial charge in [0.05, 0.1) is 0 Å². The molecule has 0 unspecified atom stereocenters. The molecule has 0 saturated heterocycles. The number of hydrazine groups is 1. The Morgan fingerprint density at radius 3 is 3.00 bits per heavy atom. The second-order valence-electron chi connectivity index (χ2n) is 4.15. The first-order valence-electron chi connectivity index (χ1n) is 5.54. The summed E-state index contributed by atoms with van der Waals surface area (Å²) in [5.74, 6) is 4.98. The molecule has 5 heteroatoms. The molecule has 2 rings (SSSR count). The molecule has 0 bridgehead atoms. The average molecular weight is 239 g/mol. The van der Waals surface area contributed by atoms with Gasteiger partial charge in [0.1, 0.15) is 0 Å². The summed E-state index contributed by atoms with van der Waals surface area (Å²) in [6.07, 6.45) is 3.00. The smallest absolute Gasteiger partial charge is 0.235 e. The highest BCUT2D eigenvalue weighted by Crippen LogP contribution is 2.28. The van der Waals surface area contributed by atoms with E-state index in [1.54, 1.807) is 11.3 Å². The fourth-order valence-corrected chi connectivity index (χ4v) is 2.42. The first-order chi connectivity index (χ1) is 7.79. The van der Waals surface area contributed by atoms with Gasteiger partial charge in [-0.25, -0.2) is 5.84 Å². The van der Waals surface area contributed by atoms with Crippen molar-refractivity contribution in [1.82, 2.24) is 10.3 Å². The number of rotatable bonds is 6. The lowest BCUT2D eigenvalue weighted by atomic mass is 10.3. The Kier molecular flexibility index (Phi) is 3.93. The van der Waals surface area contributed by atoms with Crippen LogP contribution in [0.1, 0.15) is 24.8 Å². The minimum Gasteiger partial charge on any atom is -0.296 e. The van der Waals surface area contributed by atoms with Gasteiger partial charge in [-0.15, -0.1) is 0 Å². The zero-order valence-corrected chi connectivity index (χ0v) is 10.0. The van der Waals surface area contributed by atoms with Crippen LogP contribution in [0, 0.1) is 0 Å². The van der Waals surface area contributed by atoms with Crippen LogP contribution in [0.3, 0.4) is 0 Å². The molecule has 0 spiro atoms. The van der Waals surface area contributed by atoms with Crippen molar-refractivity contribution in [2.75, 3.05) is 6.54 Å². The van der Waals surface area contributed by atoms with Gasteiger partial charge in [-0.1, -0.05) is 0 Å². The minimum absolute atomic E-state index is 0.0871. The minimum atomic E-state index is -0.0871. The number of nitrogens with two attached hydrogens (primary N) is 1. The van der Waals surface area contributed by atoms with Gasteiger partial charge in [0.15, 0.2) is 0 Å². The topological polar surface area (TPSA) is 58.4 Å². The third-order valence-electron chi connectivity index (χ3n) is 2.82. The van der Waals surface area contributed by atoms with Gasteiger partial charge in [0, 0.05) is 25.6 Å². The van der Waals surface area contributed by atoms with E-state index in [1.165, 1.54) is 18.4 Å². The Hall–Kier alpha value is -0.910. The maximum Gasteiger partial charge on any atom is 0.235 e. The molecule has 1 fully saturated rings. The molecule has 1 saturated carbocycles. The van der Waals surface area contributed by atoms with Crippen LogP contribution in [0.5, 0.6) is 0 Å². The third-order valence-corrected chi connectivity index (χ3v) is 3.55. The number of nitrogens with one attached hydrogen (secondary N) is 1. The van der Waals surface area contributed by atoms with E-state index < -0.39 is 0 Å². The Morgan fingerprint density at radius 2 is 2.44 bits per heavy atom. The molecule has 1 heterocycles. The Morgan fingerprint density at radius 1 is 1.62 bits per heavy atom. The Labute approximate surface area is 99.4 Å². The van der Waals surface area contributed by atoms with E-state index in [-0.39, 0.29) is 5.91 Å². The van der Waals surface area contributed by atoms with Crippen LogP contribution >= 0.6 is 11.3 Å². The van der Waals surface area contributed by atoms with Crippen molar-refractivity contribution in [3.05, 3.63) is 22.4 Å². The summed E-state index contributed by atoms with van der Waals surface area (Å²) in [5, 5.41) is 4.26. The van der Waals surface area contributed by atoms with Crippen LogP contribution in [0.4, 0.5) is 0 Å². The fraction of sp³-hybridized carbons (Fsp3) is 0.545. The van der Waals surface area contributed by atoms with E-state index in [9.17, 15) is 4.79 Å². The van der Waals surface area contributed by atoms with Gasteiger partial charge in [-0.05, 0) is 35.2 Å². The standard InChI is InChI=1S/C11H17N3OS/c12-13-11(15)3-5-14(10-1-2-10)7-9-4-6-16-8-9/h4,6,8,10H,1-3,5,7,12H2,(H,13,15). The second kappa shape index (κ2) is 5.43. The van der Waals surface area contributed by atoms with E-state index in [0.717, 1.165) is 13.1 Å². The van der Waals surface area contributed by atoms with Crippen LogP contribution in [0.25, 0.3) is 0 Å². The summed E-state index contributed by atoms with van der Waals surface area (Å²) < 4.78 is 0. The van der Waals surface area contributed by atoms with Crippen LogP contribution in [-0.4, -0.2) is 23.4 Å². The zero-order valence-electron chi connectivity index (χ0n) is 9.19. The lowest BCUT2D eigenvalue weighted by molar-refractivity contribution is -0.121. The number of carbonyl (C=O) groups excluding carboxylic acids is 1. The fourth-order valence-electron chi connectivity index (χ4n) is 1.76. The number of hydrogen-bond donors (Lipinski definition) is 2. The number of hydrogen-bond acceptors (Lipinski definition) is 4. The number of carbonyl (C=O) groups is 1. The highest BCUT2D eigenvalue weighted by molar-refractivity contribution is 7.07. The first-order valence-corrected chi connectivity index (χ1v) is 6.48. The molecule has 0 atom stereocenters. The zero-order chi connectivity index (χ0) is 11.4. The third kappa shape index (κ3) is 3.30. The lowest BCUT2D eigenvalue weighted by Crippen LogP contribution is -2.35. The van der Waals surface area contributed by atoms with Crippen LogP contribution in [0.15, 0.2) is 16.8 Å². The molecule has 1 aliphatic carbocycles. The van der Waals surface area contributed by atoms with Crippen molar-refractivity contribution in [2.24, 2.45) is 5.84 Å². The van der Waals surface area contributed by atoms with E-state index in [0.29, 0.717) is 12.5 Å². The molecule has 1 aromatic rings. The number of thiophene rings is 1. The van der Waals surface area contributed by atoms with E-state index in [4.69, 9.17) is 5.84 Å². The summed E-state index contributed by atoms with van der Waals surface area (Å²) in [7, 11) is 0. The van der Waals surface area contributed by atoms with Gasteiger partial charge >= 0.3 is 0 Å². The van der Waals surface area contributed by atoms with Gasteiger partial charge in [-0.2, -0.15) is 11.3 Å². The molecule has 0 aliphatic heterocycles. The Balaban J connectivity index is 1.83. The van der Waals surface area contributed by atoms with Crippen LogP contribution in [0.2, 0.25) is 0 Å². The molecule has 88 valence electrons. The van der Waals surface area contributed by atoms with Crippen LogP contribution in [-0.2, 0) is 11.3 Å². The molecule has 1 amide bonds. The highest BCUT2D eigenvalue weighted by atomic mass is 32.1. The SMILES string of the molecule is NNC(=O)CCN(Cc1ccsc1)C1CC1. The van der Waals surface area contributed by atoms with Crippen molar-refractivity contribution in [3.8, 4) is 0 Å². The average Bonchev–Trinajstić information content (AvgIpc) is 3.02. The molecule has 16 heavy (non-hydrogen) atoms. The molecular weight excluding hydrogens is 222 g/mol. The van der Waals surface area contributed by atoms with Crippen LogP contribution < -0.4 is 11.3 Å². The first kappa shape index (κ1) is 11.6. The van der Waals surface area contributed by atoms with Crippen molar-refractivity contribution in [2.45, 2.75) is 31.8 Å². The van der Waals surface area contributed by atoms with E-state index in [1.807, 2.05) is 0 Å². The number of amides is 1. The highest BCUT2D eigenvalue weighted by Gasteiger charge is 2.28. The van der Waals surface area contributed by atoms with Crippen molar-refractivity contribution in [1.29, 1.82) is 0 Å². The predicted molar refractivity (Wildman–Crippen MR) is 64.7 cm³/mol. The molecule has 1 aromatic heterocycles. The molecule has 0 radical (unpaired) electrons. The van der Waals surface area contributed by atoms with Gasteiger partial charge in [-0.3, -0.25) is 15.1 Å². The number of nitrogens with zero attached hydrogens (tertiary/aromatic N) is 1. The summed E-state index contributed by atoms with van der Waals surface area (Å²) in [6, 6.07) is 2.81. The van der Waals surface area contributed by atoms with Crippen molar-refractivity contribution >= 4 is 17.2 Å². The maximum absolute atomic E-state index is 11.1.